The summed E-state index contributed by atoms with van der Waals surface area (Å²) in [6.45, 7) is 0.381. The highest BCUT2D eigenvalue weighted by Gasteiger charge is 2.10. The standard InChI is InChI=1S/C14H18N5OS/c1-18(2)14-16-11-15-12(17-14)6-9-21-13(20)10-19-7-4-3-5-8-19/h3-5,7-8,11H,6,9-10H2,1-2H3/q+1. The molecule has 0 saturated carbocycles. The van der Waals surface area contributed by atoms with Crippen LogP contribution in [-0.4, -0.2) is 39.9 Å². The van der Waals surface area contributed by atoms with Crippen molar-refractivity contribution >= 4 is 22.8 Å². The Labute approximate surface area is 128 Å². The summed E-state index contributed by atoms with van der Waals surface area (Å²) in [5.41, 5.74) is 0. The van der Waals surface area contributed by atoms with Gasteiger partial charge < -0.3 is 4.90 Å². The molecule has 6 nitrogen and oxygen atoms in total. The number of rotatable bonds is 6. The lowest BCUT2D eigenvalue weighted by Gasteiger charge is -2.09. The predicted molar refractivity (Wildman–Crippen MR) is 82.0 cm³/mol. The molecular weight excluding hydrogens is 286 g/mol. The van der Waals surface area contributed by atoms with Crippen molar-refractivity contribution in [2.45, 2.75) is 13.0 Å². The van der Waals surface area contributed by atoms with Gasteiger partial charge in [0.1, 0.15) is 12.2 Å². The average molecular weight is 304 g/mol. The lowest BCUT2D eigenvalue weighted by atomic mass is 10.4. The molecular formula is C14H18N5OS+. The molecule has 0 aliphatic rings. The lowest BCUT2D eigenvalue weighted by Crippen LogP contribution is -2.35. The number of hydrogen-bond donors (Lipinski definition) is 0. The molecule has 0 saturated heterocycles. The maximum Gasteiger partial charge on any atom is 0.253 e. The molecule has 7 heteroatoms. The van der Waals surface area contributed by atoms with E-state index in [4.69, 9.17) is 0 Å². The van der Waals surface area contributed by atoms with Crippen molar-refractivity contribution in [1.82, 2.24) is 15.0 Å². The Morgan fingerprint density at radius 2 is 2.00 bits per heavy atom. The van der Waals surface area contributed by atoms with Gasteiger partial charge in [0.2, 0.25) is 12.5 Å². The predicted octanol–water partition coefficient (Wildman–Crippen LogP) is 0.728. The highest BCUT2D eigenvalue weighted by Crippen LogP contribution is 2.07. The molecule has 110 valence electrons. The maximum atomic E-state index is 11.9. The van der Waals surface area contributed by atoms with Gasteiger partial charge in [-0.1, -0.05) is 17.8 Å². The van der Waals surface area contributed by atoms with Crippen LogP contribution in [-0.2, 0) is 17.8 Å². The number of nitrogens with zero attached hydrogens (tertiary/aromatic N) is 5. The summed E-state index contributed by atoms with van der Waals surface area (Å²) in [7, 11) is 3.77. The summed E-state index contributed by atoms with van der Waals surface area (Å²) in [6, 6.07) is 5.74. The first-order valence-electron chi connectivity index (χ1n) is 6.60. The van der Waals surface area contributed by atoms with Crippen molar-refractivity contribution in [2.75, 3.05) is 24.7 Å². The molecule has 0 aromatic carbocycles. The van der Waals surface area contributed by atoms with Crippen LogP contribution in [0.2, 0.25) is 0 Å². The van der Waals surface area contributed by atoms with E-state index in [2.05, 4.69) is 15.0 Å². The zero-order valence-corrected chi connectivity index (χ0v) is 13.0. The molecule has 21 heavy (non-hydrogen) atoms. The molecule has 0 N–H and O–H groups in total. The zero-order valence-electron chi connectivity index (χ0n) is 12.1. The molecule has 0 atom stereocenters. The molecule has 2 rings (SSSR count). The van der Waals surface area contributed by atoms with Crippen molar-refractivity contribution in [3.63, 3.8) is 0 Å². The Bertz CT molecular complexity index is 591. The smallest absolute Gasteiger partial charge is 0.253 e. The van der Waals surface area contributed by atoms with Crippen LogP contribution in [0.1, 0.15) is 5.82 Å². The fourth-order valence-electron chi connectivity index (χ4n) is 1.65. The third-order valence-electron chi connectivity index (χ3n) is 2.69. The quantitative estimate of drug-likeness (QED) is 0.733. The summed E-state index contributed by atoms with van der Waals surface area (Å²) in [5, 5.41) is 0.132. The van der Waals surface area contributed by atoms with Gasteiger partial charge in [0.15, 0.2) is 12.4 Å². The van der Waals surface area contributed by atoms with Crippen LogP contribution in [0.25, 0.3) is 0 Å². The first-order valence-corrected chi connectivity index (χ1v) is 7.58. The van der Waals surface area contributed by atoms with Crippen LogP contribution < -0.4 is 9.47 Å². The number of aryl methyl sites for hydroxylation is 1. The molecule has 2 heterocycles. The molecule has 0 radical (unpaired) electrons. The highest BCUT2D eigenvalue weighted by atomic mass is 32.2. The summed E-state index contributed by atoms with van der Waals surface area (Å²) in [5.74, 6) is 2.01. The Morgan fingerprint density at radius 3 is 2.71 bits per heavy atom. The van der Waals surface area contributed by atoms with E-state index in [1.54, 1.807) is 0 Å². The minimum absolute atomic E-state index is 0.132. The minimum atomic E-state index is 0.132. The first-order chi connectivity index (χ1) is 10.1. The van der Waals surface area contributed by atoms with Crippen LogP contribution in [0.5, 0.6) is 0 Å². The molecule has 2 aromatic heterocycles. The van der Waals surface area contributed by atoms with Crippen molar-refractivity contribution < 1.29 is 9.36 Å². The average Bonchev–Trinajstić information content (AvgIpc) is 2.48. The van der Waals surface area contributed by atoms with Crippen molar-refractivity contribution in [3.8, 4) is 0 Å². The van der Waals surface area contributed by atoms with Crippen molar-refractivity contribution in [2.24, 2.45) is 0 Å². The van der Waals surface area contributed by atoms with Crippen LogP contribution in [0.4, 0.5) is 5.95 Å². The number of aromatic nitrogens is 4. The second kappa shape index (κ2) is 7.68. The van der Waals surface area contributed by atoms with E-state index in [0.717, 1.165) is 0 Å². The topological polar surface area (TPSA) is 62.9 Å². The van der Waals surface area contributed by atoms with Crippen LogP contribution in [0.15, 0.2) is 36.9 Å². The number of thioether (sulfide) groups is 1. The normalized spacial score (nSPS) is 10.4. The Hall–Kier alpha value is -2.02. The first kappa shape index (κ1) is 15.4. The van der Waals surface area contributed by atoms with E-state index >= 15 is 0 Å². The number of carbonyl (C=O) groups excluding carboxylic acids is 1. The largest absolute Gasteiger partial charge is 0.347 e. The van der Waals surface area contributed by atoms with Crippen LogP contribution >= 0.6 is 11.8 Å². The monoisotopic (exact) mass is 304 g/mol. The van der Waals surface area contributed by atoms with Gasteiger partial charge in [-0.2, -0.15) is 9.55 Å². The summed E-state index contributed by atoms with van der Waals surface area (Å²) >= 11 is 1.31. The molecule has 0 unspecified atom stereocenters. The van der Waals surface area contributed by atoms with Crippen molar-refractivity contribution in [1.29, 1.82) is 0 Å². The van der Waals surface area contributed by atoms with E-state index in [1.165, 1.54) is 18.1 Å². The fourth-order valence-corrected chi connectivity index (χ4v) is 2.40. The molecule has 0 aliphatic heterocycles. The van der Waals surface area contributed by atoms with E-state index in [9.17, 15) is 4.79 Å². The second-order valence-electron chi connectivity index (χ2n) is 4.61. The van der Waals surface area contributed by atoms with Crippen LogP contribution in [0.3, 0.4) is 0 Å². The molecule has 0 amide bonds. The second-order valence-corrected chi connectivity index (χ2v) is 5.77. The lowest BCUT2D eigenvalue weighted by molar-refractivity contribution is -0.683. The summed E-state index contributed by atoms with van der Waals surface area (Å²) in [4.78, 5) is 26.2. The fraction of sp³-hybridized carbons (Fsp3) is 0.357. The number of hydrogen-bond acceptors (Lipinski definition) is 6. The molecule has 0 bridgehead atoms. The zero-order chi connectivity index (χ0) is 15.1. The van der Waals surface area contributed by atoms with Gasteiger partial charge >= 0.3 is 0 Å². The van der Waals surface area contributed by atoms with Gasteiger partial charge in [0, 0.05) is 38.4 Å². The summed E-state index contributed by atoms with van der Waals surface area (Å²) < 4.78 is 1.86. The third kappa shape index (κ3) is 5.11. The van der Waals surface area contributed by atoms with Gasteiger partial charge in [-0.15, -0.1) is 0 Å². The molecule has 0 fully saturated rings. The highest BCUT2D eigenvalue weighted by molar-refractivity contribution is 8.13. The van der Waals surface area contributed by atoms with E-state index < -0.39 is 0 Å². The van der Waals surface area contributed by atoms with Gasteiger partial charge in [0.25, 0.3) is 5.12 Å². The molecule has 0 spiro atoms. The Kier molecular flexibility index (Phi) is 5.62. The van der Waals surface area contributed by atoms with Gasteiger partial charge in [-0.25, -0.2) is 9.97 Å². The Morgan fingerprint density at radius 1 is 1.24 bits per heavy atom. The number of carbonyl (C=O) groups is 1. The van der Waals surface area contributed by atoms with Gasteiger partial charge in [-0.3, -0.25) is 4.79 Å². The SMILES string of the molecule is CN(C)c1ncnc(CCSC(=O)C[n+]2ccccc2)n1. The van der Waals surface area contributed by atoms with E-state index in [-0.39, 0.29) is 5.12 Å². The van der Waals surface area contributed by atoms with E-state index in [0.29, 0.717) is 30.5 Å². The van der Waals surface area contributed by atoms with Gasteiger partial charge in [-0.05, 0) is 0 Å². The molecule has 2 aromatic rings. The number of pyridine rings is 1. The van der Waals surface area contributed by atoms with Crippen molar-refractivity contribution in [3.05, 3.63) is 42.7 Å². The maximum absolute atomic E-state index is 11.9. The van der Waals surface area contributed by atoms with E-state index in [1.807, 2.05) is 54.2 Å². The number of anilines is 1. The summed E-state index contributed by atoms with van der Waals surface area (Å²) in [6.07, 6.45) is 5.92. The third-order valence-corrected chi connectivity index (χ3v) is 3.55. The Balaban J connectivity index is 1.79. The van der Waals surface area contributed by atoms with Crippen LogP contribution in [0, 0.1) is 0 Å². The van der Waals surface area contributed by atoms with Gasteiger partial charge in [0.05, 0.1) is 0 Å². The molecule has 0 aliphatic carbocycles. The minimum Gasteiger partial charge on any atom is -0.347 e.